The number of rotatable bonds is 7. The second kappa shape index (κ2) is 9.76. The van der Waals surface area contributed by atoms with Crippen LogP contribution in [0.1, 0.15) is 56.8 Å². The number of carbonyl (C=O) groups excluding carboxylic acids is 1. The van der Waals surface area contributed by atoms with Gasteiger partial charge >= 0.3 is 6.09 Å². The van der Waals surface area contributed by atoms with Gasteiger partial charge in [-0.2, -0.15) is 5.10 Å². The van der Waals surface area contributed by atoms with Crippen molar-refractivity contribution in [2.45, 2.75) is 65.1 Å². The van der Waals surface area contributed by atoms with Gasteiger partial charge in [0.05, 0.1) is 29.4 Å². The van der Waals surface area contributed by atoms with Crippen LogP contribution >= 0.6 is 0 Å². The summed E-state index contributed by atoms with van der Waals surface area (Å²) in [6, 6.07) is 3.95. The molecule has 2 heterocycles. The van der Waals surface area contributed by atoms with Gasteiger partial charge in [0.2, 0.25) is 0 Å². The van der Waals surface area contributed by atoms with Gasteiger partial charge in [-0.25, -0.2) is 9.78 Å². The molecule has 1 saturated carbocycles. The van der Waals surface area contributed by atoms with Crippen molar-refractivity contribution >= 4 is 6.09 Å². The zero-order valence-electron chi connectivity index (χ0n) is 18.0. The largest absolute Gasteiger partial charge is 0.489 e. The molecule has 1 aliphatic rings. The van der Waals surface area contributed by atoms with E-state index >= 15 is 0 Å². The van der Waals surface area contributed by atoms with Gasteiger partial charge in [0.15, 0.2) is 0 Å². The van der Waals surface area contributed by atoms with Crippen LogP contribution in [0.4, 0.5) is 4.79 Å². The first kappa shape index (κ1) is 21.1. The third-order valence-corrected chi connectivity index (χ3v) is 5.42. The number of aromatic nitrogens is 3. The predicted molar refractivity (Wildman–Crippen MR) is 112 cm³/mol. The maximum atomic E-state index is 12.1. The average Bonchev–Trinajstić information content (AvgIpc) is 3.09. The van der Waals surface area contributed by atoms with E-state index in [1.807, 2.05) is 33.0 Å². The minimum atomic E-state index is -0.334. The Labute approximate surface area is 173 Å². The Balaban J connectivity index is 1.72. The van der Waals surface area contributed by atoms with Crippen molar-refractivity contribution in [3.05, 3.63) is 29.7 Å². The molecule has 0 aromatic carbocycles. The van der Waals surface area contributed by atoms with Crippen molar-refractivity contribution in [1.29, 1.82) is 0 Å². The molecule has 0 atom stereocenters. The van der Waals surface area contributed by atoms with E-state index in [0.29, 0.717) is 12.6 Å². The van der Waals surface area contributed by atoms with Crippen LogP contribution in [-0.4, -0.2) is 45.5 Å². The molecule has 1 fully saturated rings. The van der Waals surface area contributed by atoms with Crippen LogP contribution in [0.25, 0.3) is 11.3 Å². The molecule has 0 aliphatic heterocycles. The highest BCUT2D eigenvalue weighted by Gasteiger charge is 2.19. The number of carbonyl (C=O) groups is 1. The molecular formula is C22H32N4O3. The zero-order chi connectivity index (χ0) is 20.8. The molecule has 3 rings (SSSR count). The molecule has 7 nitrogen and oxygen atoms in total. The van der Waals surface area contributed by atoms with Crippen molar-refractivity contribution in [3.63, 3.8) is 0 Å². The number of aryl methyl sites for hydroxylation is 2. The lowest BCUT2D eigenvalue weighted by Gasteiger charge is -2.23. The van der Waals surface area contributed by atoms with Crippen molar-refractivity contribution in [2.24, 2.45) is 7.05 Å². The number of pyridine rings is 1. The molecule has 7 heteroatoms. The van der Waals surface area contributed by atoms with Crippen LogP contribution in [0.15, 0.2) is 18.3 Å². The van der Waals surface area contributed by atoms with Crippen molar-refractivity contribution in [1.82, 2.24) is 19.7 Å². The lowest BCUT2D eigenvalue weighted by Crippen LogP contribution is -2.28. The van der Waals surface area contributed by atoms with Crippen molar-refractivity contribution in [3.8, 4) is 17.0 Å². The smallest absolute Gasteiger partial charge is 0.409 e. The van der Waals surface area contributed by atoms with Crippen molar-refractivity contribution < 1.29 is 14.3 Å². The third-order valence-electron chi connectivity index (χ3n) is 5.42. The van der Waals surface area contributed by atoms with Crippen LogP contribution in [-0.2, 0) is 18.4 Å². The van der Waals surface area contributed by atoms with Crippen LogP contribution in [0.2, 0.25) is 0 Å². The summed E-state index contributed by atoms with van der Waals surface area (Å²) in [4.78, 5) is 18.4. The summed E-state index contributed by atoms with van der Waals surface area (Å²) in [5.74, 6) is 0.846. The monoisotopic (exact) mass is 400 g/mol. The first-order valence-electron chi connectivity index (χ1n) is 10.5. The Hall–Kier alpha value is -2.57. The van der Waals surface area contributed by atoms with E-state index in [1.54, 1.807) is 22.8 Å². The van der Waals surface area contributed by atoms with E-state index in [4.69, 9.17) is 14.5 Å². The lowest BCUT2D eigenvalue weighted by atomic mass is 9.98. The molecule has 1 amide bonds. The predicted octanol–water partition coefficient (Wildman–Crippen LogP) is 4.48. The number of amides is 1. The summed E-state index contributed by atoms with van der Waals surface area (Å²) in [5, 5.41) is 4.34. The number of hydrogen-bond acceptors (Lipinski definition) is 5. The molecule has 29 heavy (non-hydrogen) atoms. The molecular weight excluding hydrogens is 368 g/mol. The van der Waals surface area contributed by atoms with Crippen LogP contribution in [0, 0.1) is 6.92 Å². The van der Waals surface area contributed by atoms with E-state index in [-0.39, 0.29) is 12.7 Å². The Bertz CT molecular complexity index is 827. The summed E-state index contributed by atoms with van der Waals surface area (Å²) in [6.45, 7) is 4.82. The van der Waals surface area contributed by atoms with E-state index < -0.39 is 0 Å². The van der Waals surface area contributed by atoms with E-state index in [0.717, 1.165) is 47.7 Å². The van der Waals surface area contributed by atoms with E-state index in [9.17, 15) is 4.79 Å². The van der Waals surface area contributed by atoms with Gasteiger partial charge in [0.1, 0.15) is 12.4 Å². The molecule has 0 spiro atoms. The highest BCUT2D eigenvalue weighted by Crippen LogP contribution is 2.29. The molecule has 0 bridgehead atoms. The highest BCUT2D eigenvalue weighted by atomic mass is 16.6. The summed E-state index contributed by atoms with van der Waals surface area (Å²) in [7, 11) is 3.59. The van der Waals surface area contributed by atoms with Gasteiger partial charge in [-0.1, -0.05) is 13.3 Å². The Kier molecular flexibility index (Phi) is 7.12. The van der Waals surface area contributed by atoms with E-state index in [1.165, 1.54) is 19.3 Å². The second-order valence-corrected chi connectivity index (χ2v) is 7.76. The highest BCUT2D eigenvalue weighted by molar-refractivity contribution is 5.68. The van der Waals surface area contributed by atoms with Crippen LogP contribution in [0.3, 0.4) is 0 Å². The third kappa shape index (κ3) is 5.28. The van der Waals surface area contributed by atoms with Crippen molar-refractivity contribution in [2.75, 3.05) is 13.6 Å². The number of hydrogen-bond donors (Lipinski definition) is 0. The minimum Gasteiger partial charge on any atom is -0.489 e. The fraction of sp³-hybridized carbons (Fsp3) is 0.591. The molecule has 2 aromatic heterocycles. The minimum absolute atomic E-state index is 0.153. The first-order chi connectivity index (χ1) is 14.0. The maximum absolute atomic E-state index is 12.1. The second-order valence-electron chi connectivity index (χ2n) is 7.76. The number of ether oxygens (including phenoxy) is 2. The molecule has 1 aliphatic carbocycles. The molecule has 0 unspecified atom stereocenters. The van der Waals surface area contributed by atoms with Gasteiger partial charge in [-0.3, -0.25) is 4.68 Å². The summed E-state index contributed by atoms with van der Waals surface area (Å²) < 4.78 is 13.4. The SMILES string of the molecule is CCCN(C)C(=O)OCc1c(-c2ccc(OC3CCCCC3)c(C)n2)cnn1C. The average molecular weight is 401 g/mol. The van der Waals surface area contributed by atoms with Gasteiger partial charge in [-0.05, 0) is 51.2 Å². The molecule has 0 saturated heterocycles. The number of nitrogens with zero attached hydrogens (tertiary/aromatic N) is 4. The summed E-state index contributed by atoms with van der Waals surface area (Å²) >= 11 is 0. The van der Waals surface area contributed by atoms with Gasteiger partial charge < -0.3 is 14.4 Å². The van der Waals surface area contributed by atoms with Gasteiger partial charge in [0.25, 0.3) is 0 Å². The lowest BCUT2D eigenvalue weighted by molar-refractivity contribution is 0.103. The fourth-order valence-corrected chi connectivity index (χ4v) is 3.70. The summed E-state index contributed by atoms with van der Waals surface area (Å²) in [5.41, 5.74) is 3.35. The fourth-order valence-electron chi connectivity index (χ4n) is 3.70. The topological polar surface area (TPSA) is 69.5 Å². The van der Waals surface area contributed by atoms with Gasteiger partial charge in [0, 0.05) is 26.2 Å². The zero-order valence-corrected chi connectivity index (χ0v) is 18.0. The Morgan fingerprint density at radius 2 is 2.03 bits per heavy atom. The molecule has 2 aromatic rings. The van der Waals surface area contributed by atoms with E-state index in [2.05, 4.69) is 5.10 Å². The summed E-state index contributed by atoms with van der Waals surface area (Å²) in [6.07, 6.45) is 8.63. The maximum Gasteiger partial charge on any atom is 0.409 e. The van der Waals surface area contributed by atoms with Crippen LogP contribution < -0.4 is 4.74 Å². The molecule has 158 valence electrons. The Morgan fingerprint density at radius 1 is 1.28 bits per heavy atom. The Morgan fingerprint density at radius 3 is 2.72 bits per heavy atom. The normalized spacial score (nSPS) is 14.6. The van der Waals surface area contributed by atoms with Gasteiger partial charge in [-0.15, -0.1) is 0 Å². The molecule has 0 N–H and O–H groups in total. The quantitative estimate of drug-likeness (QED) is 0.685. The standard InChI is InChI=1S/C22H32N4O3/c1-5-13-25(3)22(27)28-15-20-18(14-23-26(20)4)19-11-12-21(16(2)24-19)29-17-9-7-6-8-10-17/h11-12,14,17H,5-10,13,15H2,1-4H3. The first-order valence-corrected chi connectivity index (χ1v) is 10.5. The molecule has 0 radical (unpaired) electrons. The van der Waals surface area contributed by atoms with Crippen LogP contribution in [0.5, 0.6) is 5.75 Å².